The summed E-state index contributed by atoms with van der Waals surface area (Å²) in [5, 5.41) is 0.975. The zero-order chi connectivity index (χ0) is 21.1. The summed E-state index contributed by atoms with van der Waals surface area (Å²) in [7, 11) is 1.59. The Balaban J connectivity index is 1.41. The Morgan fingerprint density at radius 3 is 2.63 bits per heavy atom. The van der Waals surface area contributed by atoms with Gasteiger partial charge in [-0.15, -0.1) is 11.3 Å². The van der Waals surface area contributed by atoms with Crippen molar-refractivity contribution in [1.29, 1.82) is 0 Å². The first-order valence-corrected chi connectivity index (χ1v) is 10.9. The average molecular weight is 428 g/mol. The fourth-order valence-corrected chi connectivity index (χ4v) is 4.92. The molecule has 30 heavy (non-hydrogen) atoms. The van der Waals surface area contributed by atoms with Crippen molar-refractivity contribution in [2.24, 2.45) is 0 Å². The van der Waals surface area contributed by atoms with Gasteiger partial charge in [0.2, 0.25) is 0 Å². The van der Waals surface area contributed by atoms with Crippen molar-refractivity contribution in [3.63, 3.8) is 0 Å². The largest absolute Gasteiger partial charge is 0.497 e. The lowest BCUT2D eigenvalue weighted by Gasteiger charge is -2.14. The molecule has 0 amide bonds. The number of ether oxygens (including phenoxy) is 3. The molecule has 4 rings (SSSR count). The van der Waals surface area contributed by atoms with Crippen molar-refractivity contribution in [2.45, 2.75) is 51.7 Å². The quantitative estimate of drug-likeness (QED) is 0.468. The molecule has 8 heteroatoms. The highest BCUT2D eigenvalue weighted by atomic mass is 32.1. The summed E-state index contributed by atoms with van der Waals surface area (Å²) < 4.78 is 16.1. The number of rotatable bonds is 6. The van der Waals surface area contributed by atoms with Gasteiger partial charge in [-0.25, -0.2) is 14.8 Å². The van der Waals surface area contributed by atoms with E-state index in [0.717, 1.165) is 23.1 Å². The van der Waals surface area contributed by atoms with Gasteiger partial charge in [0, 0.05) is 4.88 Å². The van der Waals surface area contributed by atoms with E-state index in [1.165, 1.54) is 29.7 Å². The second kappa shape index (κ2) is 8.87. The Kier molecular flexibility index (Phi) is 6.03. The number of carbonyl (C=O) groups excluding carboxylic acids is 1. The molecule has 158 valence electrons. The molecule has 1 unspecified atom stereocenters. The highest BCUT2D eigenvalue weighted by Crippen LogP contribution is 2.37. The third kappa shape index (κ3) is 4.33. The van der Waals surface area contributed by atoms with Gasteiger partial charge in [0.1, 0.15) is 22.1 Å². The zero-order valence-corrected chi connectivity index (χ0v) is 18.0. The maximum Gasteiger partial charge on any atom is 0.347 e. The van der Waals surface area contributed by atoms with Crippen molar-refractivity contribution in [3.8, 4) is 11.5 Å². The summed E-state index contributed by atoms with van der Waals surface area (Å²) in [4.78, 5) is 23.6. The number of hydrogen-bond acceptors (Lipinski definition) is 8. The Labute approximate surface area is 179 Å². The summed E-state index contributed by atoms with van der Waals surface area (Å²) in [5.74, 6) is 1.65. The lowest BCUT2D eigenvalue weighted by Crippen LogP contribution is -2.26. The predicted molar refractivity (Wildman–Crippen MR) is 116 cm³/mol. The lowest BCUT2D eigenvalue weighted by molar-refractivity contribution is -0.152. The van der Waals surface area contributed by atoms with Gasteiger partial charge in [-0.1, -0.05) is 6.42 Å². The summed E-state index contributed by atoms with van der Waals surface area (Å²) >= 11 is 1.68. The molecule has 2 N–H and O–H groups in total. The van der Waals surface area contributed by atoms with Crippen LogP contribution in [0.3, 0.4) is 0 Å². The molecule has 0 fully saturated rings. The topological polar surface area (TPSA) is 96.6 Å². The predicted octanol–water partition coefficient (Wildman–Crippen LogP) is 4.06. The van der Waals surface area contributed by atoms with Crippen molar-refractivity contribution in [3.05, 3.63) is 40.5 Å². The van der Waals surface area contributed by atoms with Crippen LogP contribution >= 0.6 is 11.3 Å². The van der Waals surface area contributed by atoms with Crippen LogP contribution in [0.15, 0.2) is 24.3 Å². The number of nitrogens with two attached hydrogens (primary N) is 1. The van der Waals surface area contributed by atoms with Gasteiger partial charge in [-0.2, -0.15) is 0 Å². The van der Waals surface area contributed by atoms with E-state index >= 15 is 0 Å². The number of fused-ring (bicyclic) bond motifs is 3. The third-order valence-electron chi connectivity index (χ3n) is 5.19. The van der Waals surface area contributed by atoms with Crippen molar-refractivity contribution < 1.29 is 19.0 Å². The number of esters is 1. The van der Waals surface area contributed by atoms with Crippen LogP contribution in [0, 0.1) is 0 Å². The highest BCUT2D eigenvalue weighted by molar-refractivity contribution is 7.19. The summed E-state index contributed by atoms with van der Waals surface area (Å²) in [6, 6.07) is 7.01. The number of nitrogen functional groups attached to an aromatic ring is 1. The number of anilines is 1. The number of carbonyl (C=O) groups is 1. The summed E-state index contributed by atoms with van der Waals surface area (Å²) in [6.07, 6.45) is 4.94. The van der Waals surface area contributed by atoms with Crippen molar-refractivity contribution >= 4 is 33.3 Å². The molecule has 1 atom stereocenters. The number of nitrogens with zero attached hydrogens (tertiary/aromatic N) is 2. The molecule has 2 heterocycles. The van der Waals surface area contributed by atoms with Gasteiger partial charge >= 0.3 is 5.97 Å². The second-order valence-corrected chi connectivity index (χ2v) is 8.40. The molecule has 0 aliphatic heterocycles. The number of methoxy groups -OCH3 is 1. The van der Waals surface area contributed by atoms with E-state index in [-0.39, 0.29) is 6.61 Å². The highest BCUT2D eigenvalue weighted by Gasteiger charge is 2.21. The number of aromatic nitrogens is 2. The van der Waals surface area contributed by atoms with Crippen LogP contribution in [0.5, 0.6) is 11.5 Å². The number of aryl methyl sites for hydroxylation is 2. The molecule has 0 spiro atoms. The minimum Gasteiger partial charge on any atom is -0.497 e. The van der Waals surface area contributed by atoms with Crippen LogP contribution < -0.4 is 15.2 Å². The fourth-order valence-electron chi connectivity index (χ4n) is 3.63. The van der Waals surface area contributed by atoms with Crippen molar-refractivity contribution in [2.75, 3.05) is 12.8 Å². The van der Waals surface area contributed by atoms with Gasteiger partial charge in [-0.05, 0) is 62.4 Å². The van der Waals surface area contributed by atoms with Gasteiger partial charge < -0.3 is 19.9 Å². The molecule has 0 saturated carbocycles. The first-order valence-electron chi connectivity index (χ1n) is 10.1. The first-order chi connectivity index (χ1) is 14.5. The molecule has 1 aromatic carbocycles. The number of thiophene rings is 1. The van der Waals surface area contributed by atoms with Gasteiger partial charge in [0.25, 0.3) is 0 Å². The first kappa shape index (κ1) is 20.4. The SMILES string of the molecule is COc1ccc(OC(C)C(=O)OCc2nc(N)c3c4c(sc3n2)CCCCC4)cc1. The molecule has 0 radical (unpaired) electrons. The zero-order valence-electron chi connectivity index (χ0n) is 17.1. The Morgan fingerprint density at radius 2 is 1.87 bits per heavy atom. The van der Waals surface area contributed by atoms with E-state index in [4.69, 9.17) is 19.9 Å². The minimum atomic E-state index is -0.766. The van der Waals surface area contributed by atoms with Crippen molar-refractivity contribution in [1.82, 2.24) is 9.97 Å². The summed E-state index contributed by atoms with van der Waals surface area (Å²) in [6.45, 7) is 1.60. The maximum absolute atomic E-state index is 12.3. The Hall–Kier alpha value is -2.87. The van der Waals surface area contributed by atoms with Crippen LogP contribution in [0.2, 0.25) is 0 Å². The lowest BCUT2D eigenvalue weighted by atomic mass is 10.1. The van der Waals surface area contributed by atoms with E-state index in [9.17, 15) is 4.79 Å². The molecule has 2 aromatic heterocycles. The summed E-state index contributed by atoms with van der Waals surface area (Å²) in [5.41, 5.74) is 7.55. The van der Waals surface area contributed by atoms with Crippen LogP contribution in [-0.4, -0.2) is 29.2 Å². The Bertz CT molecular complexity index is 1050. The van der Waals surface area contributed by atoms with E-state index in [2.05, 4.69) is 9.97 Å². The van der Waals surface area contributed by atoms with Crippen LogP contribution in [0.25, 0.3) is 10.2 Å². The average Bonchev–Trinajstić information content (AvgIpc) is 2.94. The molecule has 1 aliphatic carbocycles. The third-order valence-corrected chi connectivity index (χ3v) is 6.37. The Morgan fingerprint density at radius 1 is 1.13 bits per heavy atom. The van der Waals surface area contributed by atoms with E-state index in [1.807, 2.05) is 0 Å². The smallest absolute Gasteiger partial charge is 0.347 e. The van der Waals surface area contributed by atoms with Crippen LogP contribution in [-0.2, 0) is 29.0 Å². The van der Waals surface area contributed by atoms with Crippen LogP contribution in [0.4, 0.5) is 5.82 Å². The standard InChI is InChI=1S/C22H25N3O4S/c1-13(29-15-10-8-14(27-2)9-11-15)22(26)28-12-18-24-20(23)19-16-6-4-3-5-7-17(16)30-21(19)25-18/h8-11,13H,3-7,12H2,1-2H3,(H2,23,24,25). The van der Waals surface area contributed by atoms with E-state index in [1.54, 1.807) is 49.6 Å². The number of hydrogen-bond donors (Lipinski definition) is 1. The molecular weight excluding hydrogens is 402 g/mol. The van der Waals surface area contributed by atoms with Gasteiger partial charge in [0.05, 0.1) is 12.5 Å². The second-order valence-electron chi connectivity index (χ2n) is 7.31. The maximum atomic E-state index is 12.3. The monoisotopic (exact) mass is 427 g/mol. The number of benzene rings is 1. The van der Waals surface area contributed by atoms with Crippen LogP contribution in [0.1, 0.15) is 42.5 Å². The van der Waals surface area contributed by atoms with Gasteiger partial charge in [-0.3, -0.25) is 0 Å². The molecular formula is C22H25N3O4S. The normalized spacial score (nSPS) is 14.6. The molecule has 3 aromatic rings. The van der Waals surface area contributed by atoms with E-state index in [0.29, 0.717) is 23.1 Å². The fraction of sp³-hybridized carbons (Fsp3) is 0.409. The molecule has 0 bridgehead atoms. The molecule has 1 aliphatic rings. The molecule has 0 saturated heterocycles. The minimum absolute atomic E-state index is 0.0438. The molecule has 7 nitrogen and oxygen atoms in total. The van der Waals surface area contributed by atoms with E-state index < -0.39 is 12.1 Å². The van der Waals surface area contributed by atoms with Gasteiger partial charge in [0.15, 0.2) is 18.5 Å².